The summed E-state index contributed by atoms with van der Waals surface area (Å²) >= 11 is 3.27. The predicted octanol–water partition coefficient (Wildman–Crippen LogP) is 2.46. The van der Waals surface area contributed by atoms with Gasteiger partial charge < -0.3 is 9.64 Å². The molecular weight excluding hydrogens is 301 g/mol. The average Bonchev–Trinajstić information content (AvgIpc) is 2.40. The van der Waals surface area contributed by atoms with Gasteiger partial charge in [-0.15, -0.1) is 0 Å². The Morgan fingerprint density at radius 2 is 2.11 bits per heavy atom. The van der Waals surface area contributed by atoms with Gasteiger partial charge in [0.1, 0.15) is 5.82 Å². The van der Waals surface area contributed by atoms with Crippen molar-refractivity contribution in [2.75, 3.05) is 26.3 Å². The van der Waals surface area contributed by atoms with Gasteiger partial charge >= 0.3 is 0 Å². The van der Waals surface area contributed by atoms with E-state index < -0.39 is 0 Å². The molecule has 0 atom stereocenters. The topological polar surface area (TPSA) is 29.5 Å². The molecule has 1 heterocycles. The summed E-state index contributed by atoms with van der Waals surface area (Å²) in [5.74, 6) is -0.457. The van der Waals surface area contributed by atoms with Crippen LogP contribution in [-0.4, -0.2) is 37.1 Å². The first-order valence-corrected chi connectivity index (χ1v) is 6.46. The van der Waals surface area contributed by atoms with Crippen LogP contribution in [0.15, 0.2) is 28.7 Å². The molecule has 0 N–H and O–H groups in total. The van der Waals surface area contributed by atoms with Gasteiger partial charge in [-0.05, 0) is 24.3 Å². The van der Waals surface area contributed by atoms with Crippen molar-refractivity contribution in [3.05, 3.63) is 40.1 Å². The van der Waals surface area contributed by atoms with E-state index in [2.05, 4.69) is 15.9 Å². The maximum atomic E-state index is 13.4. The van der Waals surface area contributed by atoms with Gasteiger partial charge in [-0.25, -0.2) is 4.39 Å². The molecule has 5 heteroatoms. The second-order valence-electron chi connectivity index (χ2n) is 3.94. The first-order chi connectivity index (χ1) is 8.66. The predicted molar refractivity (Wildman–Crippen MR) is 70.5 cm³/mol. The number of carbonyl (C=O) groups excluding carboxylic acids is 1. The minimum absolute atomic E-state index is 0.113. The summed E-state index contributed by atoms with van der Waals surface area (Å²) in [6.45, 7) is 2.30. The first-order valence-electron chi connectivity index (χ1n) is 5.66. The van der Waals surface area contributed by atoms with E-state index in [-0.39, 0.29) is 11.7 Å². The van der Waals surface area contributed by atoms with Gasteiger partial charge in [-0.3, -0.25) is 4.79 Å². The summed E-state index contributed by atoms with van der Waals surface area (Å²) in [6, 6.07) is 4.62. The van der Waals surface area contributed by atoms with Gasteiger partial charge in [-0.1, -0.05) is 15.9 Å². The molecule has 1 saturated heterocycles. The third kappa shape index (κ3) is 3.40. The maximum Gasteiger partial charge on any atom is 0.246 e. The zero-order valence-electron chi connectivity index (χ0n) is 9.73. The molecule has 1 aliphatic heterocycles. The third-order valence-electron chi connectivity index (χ3n) is 2.69. The summed E-state index contributed by atoms with van der Waals surface area (Å²) in [5, 5.41) is 0. The molecule has 0 radical (unpaired) electrons. The van der Waals surface area contributed by atoms with Gasteiger partial charge in [0.25, 0.3) is 0 Å². The Balaban J connectivity index is 2.05. The second kappa shape index (κ2) is 6.11. The lowest BCUT2D eigenvalue weighted by Crippen LogP contribution is -2.39. The van der Waals surface area contributed by atoms with E-state index in [1.807, 2.05) is 0 Å². The molecule has 0 bridgehead atoms. The van der Waals surface area contributed by atoms with E-state index in [4.69, 9.17) is 4.74 Å². The van der Waals surface area contributed by atoms with Crippen molar-refractivity contribution in [2.24, 2.45) is 0 Å². The van der Waals surface area contributed by atoms with Crippen LogP contribution in [-0.2, 0) is 9.53 Å². The molecule has 1 fully saturated rings. The third-order valence-corrected chi connectivity index (χ3v) is 3.18. The van der Waals surface area contributed by atoms with Gasteiger partial charge in [0, 0.05) is 29.2 Å². The van der Waals surface area contributed by atoms with Crippen molar-refractivity contribution < 1.29 is 13.9 Å². The number of benzene rings is 1. The highest BCUT2D eigenvalue weighted by Crippen LogP contribution is 2.16. The zero-order chi connectivity index (χ0) is 13.0. The van der Waals surface area contributed by atoms with Crippen LogP contribution in [0.1, 0.15) is 5.56 Å². The van der Waals surface area contributed by atoms with Gasteiger partial charge in [0.2, 0.25) is 5.91 Å². The molecule has 0 aromatic heterocycles. The molecule has 1 aromatic rings. The molecule has 0 aliphatic carbocycles. The van der Waals surface area contributed by atoms with Gasteiger partial charge in [0.05, 0.1) is 13.2 Å². The van der Waals surface area contributed by atoms with E-state index in [0.29, 0.717) is 31.9 Å². The number of rotatable bonds is 2. The van der Waals surface area contributed by atoms with Crippen LogP contribution in [0.2, 0.25) is 0 Å². The summed E-state index contributed by atoms with van der Waals surface area (Å²) in [4.78, 5) is 13.5. The van der Waals surface area contributed by atoms with Crippen LogP contribution in [0.4, 0.5) is 4.39 Å². The van der Waals surface area contributed by atoms with Crippen LogP contribution in [0.3, 0.4) is 0 Å². The summed E-state index contributed by atoms with van der Waals surface area (Å²) in [6.07, 6.45) is 2.90. The van der Waals surface area contributed by atoms with Crippen molar-refractivity contribution in [2.45, 2.75) is 0 Å². The van der Waals surface area contributed by atoms with Gasteiger partial charge in [-0.2, -0.15) is 0 Å². The molecule has 2 rings (SSSR count). The Hall–Kier alpha value is -1.20. The fraction of sp³-hybridized carbons (Fsp3) is 0.308. The Labute approximate surface area is 113 Å². The maximum absolute atomic E-state index is 13.4. The lowest BCUT2D eigenvalue weighted by Gasteiger charge is -2.25. The Morgan fingerprint density at radius 1 is 1.39 bits per heavy atom. The number of carbonyl (C=O) groups is 1. The largest absolute Gasteiger partial charge is 0.378 e. The molecule has 1 aliphatic rings. The standard InChI is InChI=1S/C13H13BrFNO2/c14-11-2-3-12(15)10(9-11)1-4-13(17)16-5-7-18-8-6-16/h1-4,9H,5-8H2. The van der Waals surface area contributed by atoms with Crippen LogP contribution < -0.4 is 0 Å². The number of ether oxygens (including phenoxy) is 1. The SMILES string of the molecule is O=C(C=Cc1cc(Br)ccc1F)N1CCOCC1. The second-order valence-corrected chi connectivity index (χ2v) is 4.85. The summed E-state index contributed by atoms with van der Waals surface area (Å²) in [7, 11) is 0. The van der Waals surface area contributed by atoms with Crippen molar-refractivity contribution >= 4 is 27.9 Å². The van der Waals surface area contributed by atoms with Crippen molar-refractivity contribution in [1.29, 1.82) is 0 Å². The van der Waals surface area contributed by atoms with Crippen LogP contribution in [0.5, 0.6) is 0 Å². The molecular formula is C13H13BrFNO2. The highest BCUT2D eigenvalue weighted by molar-refractivity contribution is 9.10. The van der Waals surface area contributed by atoms with Crippen molar-refractivity contribution in [1.82, 2.24) is 4.90 Å². The van der Waals surface area contributed by atoms with E-state index >= 15 is 0 Å². The fourth-order valence-corrected chi connectivity index (χ4v) is 2.07. The summed E-state index contributed by atoms with van der Waals surface area (Å²) in [5.41, 5.74) is 0.394. The van der Waals surface area contributed by atoms with Gasteiger partial charge in [0.15, 0.2) is 0 Å². The molecule has 1 amide bonds. The Bertz CT molecular complexity index is 470. The van der Waals surface area contributed by atoms with Crippen molar-refractivity contribution in [3.63, 3.8) is 0 Å². The normalized spacial score (nSPS) is 16.2. The number of hydrogen-bond donors (Lipinski definition) is 0. The highest BCUT2D eigenvalue weighted by Gasteiger charge is 2.14. The molecule has 0 spiro atoms. The minimum atomic E-state index is -0.343. The number of morpholine rings is 1. The lowest BCUT2D eigenvalue weighted by molar-refractivity contribution is -0.129. The van der Waals surface area contributed by atoms with E-state index in [0.717, 1.165) is 4.47 Å². The summed E-state index contributed by atoms with van der Waals surface area (Å²) < 4.78 is 19.4. The molecule has 18 heavy (non-hydrogen) atoms. The lowest BCUT2D eigenvalue weighted by atomic mass is 10.2. The monoisotopic (exact) mass is 313 g/mol. The minimum Gasteiger partial charge on any atom is -0.378 e. The Kier molecular flexibility index (Phi) is 4.49. The average molecular weight is 314 g/mol. The van der Waals surface area contributed by atoms with Crippen LogP contribution in [0, 0.1) is 5.82 Å². The van der Waals surface area contributed by atoms with Crippen molar-refractivity contribution in [3.8, 4) is 0 Å². The fourth-order valence-electron chi connectivity index (χ4n) is 1.69. The van der Waals surface area contributed by atoms with Crippen LogP contribution in [0.25, 0.3) is 6.08 Å². The Morgan fingerprint density at radius 3 is 2.83 bits per heavy atom. The van der Waals surface area contributed by atoms with E-state index in [1.54, 1.807) is 17.0 Å². The molecule has 0 saturated carbocycles. The molecule has 0 unspecified atom stereocenters. The molecule has 1 aromatic carbocycles. The highest BCUT2D eigenvalue weighted by atomic mass is 79.9. The zero-order valence-corrected chi connectivity index (χ0v) is 11.3. The number of nitrogens with zero attached hydrogens (tertiary/aromatic N) is 1. The molecule has 96 valence electrons. The molecule has 3 nitrogen and oxygen atoms in total. The number of amides is 1. The van der Waals surface area contributed by atoms with E-state index in [1.165, 1.54) is 18.2 Å². The number of halogens is 2. The number of hydrogen-bond acceptors (Lipinski definition) is 2. The van der Waals surface area contributed by atoms with E-state index in [9.17, 15) is 9.18 Å². The smallest absolute Gasteiger partial charge is 0.246 e. The van der Waals surface area contributed by atoms with Crippen LogP contribution >= 0.6 is 15.9 Å². The quantitative estimate of drug-likeness (QED) is 0.785. The first kappa shape index (κ1) is 13.2.